The Morgan fingerprint density at radius 3 is 3.43 bits per heavy atom. The second kappa shape index (κ2) is 2.98. The van der Waals surface area contributed by atoms with Crippen LogP contribution in [0.3, 0.4) is 0 Å². The average Bonchev–Trinajstić information content (AvgIpc) is 2.17. The second-order valence-corrected chi connectivity index (χ2v) is 4.14. The number of fused-ring (bicyclic) bond motifs is 4. The van der Waals surface area contributed by atoms with Crippen molar-refractivity contribution in [1.82, 2.24) is 9.97 Å². The number of hydrogen-bond acceptors (Lipinski definition) is 4. The summed E-state index contributed by atoms with van der Waals surface area (Å²) >= 11 is 5.75. The van der Waals surface area contributed by atoms with E-state index in [0.717, 1.165) is 24.6 Å². The van der Waals surface area contributed by atoms with Gasteiger partial charge in [0.2, 0.25) is 5.28 Å². The molecule has 5 heteroatoms. The van der Waals surface area contributed by atoms with E-state index in [1.54, 1.807) is 6.20 Å². The second-order valence-electron chi connectivity index (χ2n) is 3.80. The molecule has 3 heterocycles. The van der Waals surface area contributed by atoms with Crippen molar-refractivity contribution in [2.24, 2.45) is 0 Å². The minimum absolute atomic E-state index is 0.317. The third-order valence-electron chi connectivity index (χ3n) is 2.84. The van der Waals surface area contributed by atoms with Gasteiger partial charge in [-0.1, -0.05) is 0 Å². The van der Waals surface area contributed by atoms with Gasteiger partial charge in [0.1, 0.15) is 0 Å². The lowest BCUT2D eigenvalue weighted by atomic mass is 10.0. The van der Waals surface area contributed by atoms with E-state index in [0.29, 0.717) is 11.3 Å². The first kappa shape index (κ1) is 8.29. The molecule has 1 fully saturated rings. The maximum atomic E-state index is 5.75. The Morgan fingerprint density at radius 2 is 2.50 bits per heavy atom. The number of piperidine rings is 1. The van der Waals surface area contributed by atoms with Crippen LogP contribution in [0.15, 0.2) is 6.20 Å². The number of aromatic nitrogens is 2. The van der Waals surface area contributed by atoms with Crippen LogP contribution in [-0.4, -0.2) is 29.1 Å². The fourth-order valence-corrected chi connectivity index (χ4v) is 2.33. The van der Waals surface area contributed by atoms with Crippen molar-refractivity contribution in [2.45, 2.75) is 18.9 Å². The number of rotatable bonds is 0. The molecular formula is C9H11ClN4. The molecule has 3 rings (SSSR count). The standard InChI is InChI=1S/C9H11ClN4/c10-9-11-4-7-8(13-9)12-6-2-1-3-14(7)5-6/h4,6H,1-3,5H2,(H,11,12,13). The molecule has 1 aromatic rings. The Hall–Kier alpha value is -1.03. The van der Waals surface area contributed by atoms with Gasteiger partial charge in [0.15, 0.2) is 5.82 Å². The van der Waals surface area contributed by atoms with Gasteiger partial charge in [-0.15, -0.1) is 0 Å². The van der Waals surface area contributed by atoms with Gasteiger partial charge in [0.25, 0.3) is 0 Å². The summed E-state index contributed by atoms with van der Waals surface area (Å²) in [5.41, 5.74) is 1.09. The number of nitrogens with one attached hydrogen (secondary N) is 1. The molecular weight excluding hydrogens is 200 g/mol. The summed E-state index contributed by atoms with van der Waals surface area (Å²) in [5.74, 6) is 0.890. The van der Waals surface area contributed by atoms with Crippen molar-refractivity contribution < 1.29 is 0 Å². The minimum atomic E-state index is 0.317. The molecule has 0 amide bonds. The van der Waals surface area contributed by atoms with Gasteiger partial charge >= 0.3 is 0 Å². The summed E-state index contributed by atoms with van der Waals surface area (Å²) in [7, 11) is 0. The molecule has 0 radical (unpaired) electrons. The molecule has 14 heavy (non-hydrogen) atoms. The summed E-state index contributed by atoms with van der Waals surface area (Å²) < 4.78 is 0. The molecule has 1 N–H and O–H groups in total. The van der Waals surface area contributed by atoms with Gasteiger partial charge in [0.05, 0.1) is 11.9 Å². The lowest BCUT2D eigenvalue weighted by Crippen LogP contribution is -2.46. The van der Waals surface area contributed by atoms with E-state index >= 15 is 0 Å². The highest BCUT2D eigenvalue weighted by Crippen LogP contribution is 2.32. The fraction of sp³-hybridized carbons (Fsp3) is 0.556. The third-order valence-corrected chi connectivity index (χ3v) is 3.03. The molecule has 74 valence electrons. The molecule has 4 nitrogen and oxygen atoms in total. The molecule has 0 aromatic carbocycles. The predicted octanol–water partition coefficient (Wildman–Crippen LogP) is 1.52. The van der Waals surface area contributed by atoms with Crippen molar-refractivity contribution in [2.75, 3.05) is 23.3 Å². The summed E-state index contributed by atoms with van der Waals surface area (Å²) in [6.07, 6.45) is 4.26. The zero-order valence-electron chi connectivity index (χ0n) is 7.70. The van der Waals surface area contributed by atoms with E-state index in [4.69, 9.17) is 11.6 Å². The molecule has 0 saturated carbocycles. The van der Waals surface area contributed by atoms with Gasteiger partial charge in [-0.05, 0) is 24.4 Å². The first-order valence-corrected chi connectivity index (χ1v) is 5.25. The number of nitrogens with zero attached hydrogens (tertiary/aromatic N) is 3. The summed E-state index contributed by atoms with van der Waals surface area (Å²) in [5, 5.41) is 3.71. The molecule has 2 aliphatic rings. The monoisotopic (exact) mass is 210 g/mol. The Morgan fingerprint density at radius 1 is 1.57 bits per heavy atom. The third kappa shape index (κ3) is 1.21. The normalized spacial score (nSPS) is 24.1. The molecule has 1 unspecified atom stereocenters. The Balaban J connectivity index is 2.06. The first-order chi connectivity index (χ1) is 6.83. The SMILES string of the molecule is Clc1ncc2c(n1)NC1CCCN2C1. The number of hydrogen-bond donors (Lipinski definition) is 1. The Kier molecular flexibility index (Phi) is 1.77. The summed E-state index contributed by atoms with van der Waals surface area (Å²) in [4.78, 5) is 10.5. The lowest BCUT2D eigenvalue weighted by molar-refractivity contribution is 0.515. The minimum Gasteiger partial charge on any atom is -0.365 e. The summed E-state index contributed by atoms with van der Waals surface area (Å²) in [6, 6.07) is 0.530. The van der Waals surface area contributed by atoms with Crippen LogP contribution in [0.4, 0.5) is 11.5 Å². The molecule has 1 atom stereocenters. The van der Waals surface area contributed by atoms with Crippen LogP contribution in [0, 0.1) is 0 Å². The Bertz CT molecular complexity index is 368. The van der Waals surface area contributed by atoms with Crippen LogP contribution in [0.5, 0.6) is 0 Å². The van der Waals surface area contributed by atoms with E-state index in [1.165, 1.54) is 12.8 Å². The van der Waals surface area contributed by atoms with Crippen LogP contribution >= 0.6 is 11.6 Å². The van der Waals surface area contributed by atoms with E-state index in [1.807, 2.05) is 0 Å². The maximum Gasteiger partial charge on any atom is 0.224 e. The maximum absolute atomic E-state index is 5.75. The van der Waals surface area contributed by atoms with Gasteiger partial charge in [-0.2, -0.15) is 4.98 Å². The van der Waals surface area contributed by atoms with Crippen molar-refractivity contribution in [1.29, 1.82) is 0 Å². The van der Waals surface area contributed by atoms with E-state index < -0.39 is 0 Å². The smallest absolute Gasteiger partial charge is 0.224 e. The number of halogens is 1. The first-order valence-electron chi connectivity index (χ1n) is 4.87. The quantitative estimate of drug-likeness (QED) is 0.660. The fourth-order valence-electron chi connectivity index (χ4n) is 2.20. The van der Waals surface area contributed by atoms with Gasteiger partial charge in [-0.3, -0.25) is 0 Å². The van der Waals surface area contributed by atoms with Crippen LogP contribution in [0.25, 0.3) is 0 Å². The van der Waals surface area contributed by atoms with Gasteiger partial charge in [0, 0.05) is 19.1 Å². The molecule has 0 aliphatic carbocycles. The molecule has 2 aliphatic heterocycles. The van der Waals surface area contributed by atoms with Crippen molar-refractivity contribution in [3.05, 3.63) is 11.5 Å². The Labute approximate surface area is 87.3 Å². The van der Waals surface area contributed by atoms with Crippen molar-refractivity contribution in [3.8, 4) is 0 Å². The van der Waals surface area contributed by atoms with Crippen LogP contribution in [0.1, 0.15) is 12.8 Å². The number of anilines is 2. The summed E-state index contributed by atoms with van der Waals surface area (Å²) in [6.45, 7) is 2.17. The molecule has 1 aromatic heterocycles. The van der Waals surface area contributed by atoms with Crippen LogP contribution < -0.4 is 10.2 Å². The van der Waals surface area contributed by atoms with E-state index in [9.17, 15) is 0 Å². The van der Waals surface area contributed by atoms with Gasteiger partial charge in [-0.25, -0.2) is 4.98 Å². The van der Waals surface area contributed by atoms with Crippen LogP contribution in [-0.2, 0) is 0 Å². The highest BCUT2D eigenvalue weighted by atomic mass is 35.5. The highest BCUT2D eigenvalue weighted by Gasteiger charge is 2.28. The van der Waals surface area contributed by atoms with Crippen LogP contribution in [0.2, 0.25) is 5.28 Å². The largest absolute Gasteiger partial charge is 0.365 e. The van der Waals surface area contributed by atoms with Gasteiger partial charge < -0.3 is 10.2 Å². The van der Waals surface area contributed by atoms with E-state index in [-0.39, 0.29) is 0 Å². The highest BCUT2D eigenvalue weighted by molar-refractivity contribution is 6.28. The topological polar surface area (TPSA) is 41.1 Å². The molecule has 1 saturated heterocycles. The lowest BCUT2D eigenvalue weighted by Gasteiger charge is -2.40. The average molecular weight is 211 g/mol. The van der Waals surface area contributed by atoms with E-state index in [2.05, 4.69) is 20.2 Å². The van der Waals surface area contributed by atoms with Crippen molar-refractivity contribution >= 4 is 23.1 Å². The molecule has 2 bridgehead atoms. The predicted molar refractivity (Wildman–Crippen MR) is 55.9 cm³/mol. The molecule has 0 spiro atoms. The zero-order valence-corrected chi connectivity index (χ0v) is 8.46. The van der Waals surface area contributed by atoms with Crippen molar-refractivity contribution in [3.63, 3.8) is 0 Å². The zero-order chi connectivity index (χ0) is 9.54.